The van der Waals surface area contributed by atoms with Crippen molar-refractivity contribution >= 4 is 33.6 Å². The van der Waals surface area contributed by atoms with Gasteiger partial charge in [0, 0.05) is 28.2 Å². The third-order valence-electron chi connectivity index (χ3n) is 2.56. The maximum absolute atomic E-state index is 11.4. The number of carbonyl (C=O) groups is 1. The second-order valence-electron chi connectivity index (χ2n) is 4.11. The van der Waals surface area contributed by atoms with E-state index < -0.39 is 0 Å². The highest BCUT2D eigenvalue weighted by Crippen LogP contribution is 2.25. The largest absolute Gasteiger partial charge is 0.290 e. The lowest BCUT2D eigenvalue weighted by atomic mass is 10.1. The zero-order chi connectivity index (χ0) is 14.5. The number of hydrogen-bond acceptors (Lipinski definition) is 5. The quantitative estimate of drug-likeness (QED) is 0.290. The van der Waals surface area contributed by atoms with Crippen LogP contribution in [0.4, 0.5) is 0 Å². The van der Waals surface area contributed by atoms with Crippen molar-refractivity contribution in [3.8, 4) is 0 Å². The van der Waals surface area contributed by atoms with E-state index in [-0.39, 0.29) is 5.91 Å². The van der Waals surface area contributed by atoms with E-state index in [1.165, 1.54) is 11.8 Å². The van der Waals surface area contributed by atoms with Gasteiger partial charge in [-0.15, -0.1) is 0 Å². The SMILES string of the molecule is Cc1cnc(SCc2ccc(C(=O)NN)cc2Br)nc1. The number of aromatic nitrogens is 2. The summed E-state index contributed by atoms with van der Waals surface area (Å²) in [5.74, 6) is 5.51. The van der Waals surface area contributed by atoms with E-state index in [2.05, 4.69) is 31.3 Å². The fourth-order valence-corrected chi connectivity index (χ4v) is 2.98. The Morgan fingerprint density at radius 3 is 2.70 bits per heavy atom. The first-order valence-corrected chi connectivity index (χ1v) is 7.59. The Balaban J connectivity index is 2.06. The van der Waals surface area contributed by atoms with E-state index >= 15 is 0 Å². The lowest BCUT2D eigenvalue weighted by Crippen LogP contribution is -2.29. The van der Waals surface area contributed by atoms with E-state index in [9.17, 15) is 4.79 Å². The third-order valence-corrected chi connectivity index (χ3v) is 4.22. The van der Waals surface area contributed by atoms with Gasteiger partial charge in [-0.25, -0.2) is 15.8 Å². The molecule has 1 aromatic carbocycles. The first-order valence-electron chi connectivity index (χ1n) is 5.81. The Kier molecular flexibility index (Phi) is 5.11. The van der Waals surface area contributed by atoms with Crippen LogP contribution in [0.1, 0.15) is 21.5 Å². The van der Waals surface area contributed by atoms with Gasteiger partial charge in [-0.2, -0.15) is 0 Å². The topological polar surface area (TPSA) is 80.9 Å². The van der Waals surface area contributed by atoms with E-state index in [0.717, 1.165) is 20.8 Å². The van der Waals surface area contributed by atoms with Gasteiger partial charge < -0.3 is 0 Å². The van der Waals surface area contributed by atoms with Gasteiger partial charge in [-0.3, -0.25) is 10.2 Å². The first kappa shape index (κ1) is 15.0. The third kappa shape index (κ3) is 3.78. The molecule has 20 heavy (non-hydrogen) atoms. The number of carbonyl (C=O) groups excluding carboxylic acids is 1. The van der Waals surface area contributed by atoms with Crippen LogP contribution in [0.3, 0.4) is 0 Å². The average molecular weight is 353 g/mol. The molecule has 0 unspecified atom stereocenters. The van der Waals surface area contributed by atoms with Crippen molar-refractivity contribution in [2.24, 2.45) is 5.84 Å². The second-order valence-corrected chi connectivity index (χ2v) is 5.91. The Morgan fingerprint density at radius 1 is 1.40 bits per heavy atom. The van der Waals surface area contributed by atoms with Crippen molar-refractivity contribution in [1.82, 2.24) is 15.4 Å². The molecule has 1 heterocycles. The van der Waals surface area contributed by atoms with Gasteiger partial charge in [0.05, 0.1) is 0 Å². The molecule has 2 rings (SSSR count). The summed E-state index contributed by atoms with van der Waals surface area (Å²) < 4.78 is 0.859. The van der Waals surface area contributed by atoms with Crippen molar-refractivity contribution in [1.29, 1.82) is 0 Å². The van der Waals surface area contributed by atoms with E-state index in [0.29, 0.717) is 11.3 Å². The molecule has 0 aliphatic rings. The minimum Gasteiger partial charge on any atom is -0.290 e. The molecule has 0 saturated carbocycles. The van der Waals surface area contributed by atoms with Crippen LogP contribution in [-0.4, -0.2) is 15.9 Å². The molecule has 0 bridgehead atoms. The fourth-order valence-electron chi connectivity index (χ4n) is 1.49. The lowest BCUT2D eigenvalue weighted by Gasteiger charge is -2.06. The maximum Gasteiger partial charge on any atom is 0.265 e. The summed E-state index contributed by atoms with van der Waals surface area (Å²) in [7, 11) is 0. The van der Waals surface area contributed by atoms with Gasteiger partial charge in [0.1, 0.15) is 0 Å². The number of nitrogen functional groups attached to an aromatic ring is 1. The van der Waals surface area contributed by atoms with Gasteiger partial charge in [-0.1, -0.05) is 33.8 Å². The maximum atomic E-state index is 11.4. The molecule has 1 aromatic heterocycles. The van der Waals surface area contributed by atoms with Gasteiger partial charge in [0.25, 0.3) is 5.91 Å². The number of rotatable bonds is 4. The van der Waals surface area contributed by atoms with Crippen LogP contribution in [0.5, 0.6) is 0 Å². The summed E-state index contributed by atoms with van der Waals surface area (Å²) in [5, 5.41) is 0.728. The predicted octanol–water partition coefficient (Wildman–Crippen LogP) is 2.44. The number of thioether (sulfide) groups is 1. The number of nitrogens with two attached hydrogens (primary N) is 1. The first-order chi connectivity index (χ1) is 9.60. The number of amides is 1. The van der Waals surface area contributed by atoms with Crippen molar-refractivity contribution in [3.05, 3.63) is 51.8 Å². The van der Waals surface area contributed by atoms with Crippen molar-refractivity contribution in [2.45, 2.75) is 17.8 Å². The van der Waals surface area contributed by atoms with Crippen LogP contribution in [0.25, 0.3) is 0 Å². The number of hydrogen-bond donors (Lipinski definition) is 2. The molecule has 3 N–H and O–H groups in total. The lowest BCUT2D eigenvalue weighted by molar-refractivity contribution is 0.0953. The second kappa shape index (κ2) is 6.83. The molecular weight excluding hydrogens is 340 g/mol. The number of benzene rings is 1. The summed E-state index contributed by atoms with van der Waals surface area (Å²) in [4.78, 5) is 19.9. The van der Waals surface area contributed by atoms with Gasteiger partial charge in [0.15, 0.2) is 5.16 Å². The molecule has 7 heteroatoms. The van der Waals surface area contributed by atoms with Crippen LogP contribution >= 0.6 is 27.7 Å². The molecule has 1 amide bonds. The normalized spacial score (nSPS) is 10.3. The fraction of sp³-hybridized carbons (Fsp3) is 0.154. The summed E-state index contributed by atoms with van der Waals surface area (Å²) in [6.45, 7) is 1.95. The summed E-state index contributed by atoms with van der Waals surface area (Å²) in [6, 6.07) is 5.36. The molecule has 0 saturated heterocycles. The monoisotopic (exact) mass is 352 g/mol. The molecule has 0 radical (unpaired) electrons. The van der Waals surface area contributed by atoms with Crippen LogP contribution in [0, 0.1) is 6.92 Å². The summed E-state index contributed by atoms with van der Waals surface area (Å²) >= 11 is 4.99. The number of halogens is 1. The minimum atomic E-state index is -0.313. The molecule has 0 aliphatic heterocycles. The van der Waals surface area contributed by atoms with Gasteiger partial charge in [-0.05, 0) is 30.2 Å². The van der Waals surface area contributed by atoms with Crippen LogP contribution in [-0.2, 0) is 5.75 Å². The zero-order valence-electron chi connectivity index (χ0n) is 10.8. The molecular formula is C13H13BrN4OS. The molecule has 0 spiro atoms. The Morgan fingerprint density at radius 2 is 2.10 bits per heavy atom. The standard InChI is InChI=1S/C13H13BrN4OS/c1-8-5-16-13(17-6-8)20-7-10-3-2-9(4-11(10)14)12(19)18-15/h2-6H,7,15H2,1H3,(H,18,19). The number of hydrazine groups is 1. The van der Waals surface area contributed by atoms with Crippen molar-refractivity contribution in [2.75, 3.05) is 0 Å². The number of nitrogens with one attached hydrogen (secondary N) is 1. The van der Waals surface area contributed by atoms with Crippen molar-refractivity contribution in [3.63, 3.8) is 0 Å². The molecule has 104 valence electrons. The summed E-state index contributed by atoms with van der Waals surface area (Å²) in [6.07, 6.45) is 3.58. The van der Waals surface area contributed by atoms with E-state index in [4.69, 9.17) is 5.84 Å². The van der Waals surface area contributed by atoms with E-state index in [1.807, 2.05) is 13.0 Å². The molecule has 2 aromatic rings. The highest BCUT2D eigenvalue weighted by atomic mass is 79.9. The summed E-state index contributed by atoms with van der Waals surface area (Å²) in [5.41, 5.74) is 4.72. The minimum absolute atomic E-state index is 0.313. The number of aryl methyl sites for hydroxylation is 1. The smallest absolute Gasteiger partial charge is 0.265 e. The Bertz CT molecular complexity index is 618. The molecule has 0 aliphatic carbocycles. The molecule has 0 atom stereocenters. The zero-order valence-corrected chi connectivity index (χ0v) is 13.2. The van der Waals surface area contributed by atoms with Crippen LogP contribution in [0.2, 0.25) is 0 Å². The Hall–Kier alpha value is -1.44. The Labute approximate surface area is 129 Å². The number of nitrogens with zero attached hydrogens (tertiary/aromatic N) is 2. The van der Waals surface area contributed by atoms with Gasteiger partial charge in [0.2, 0.25) is 0 Å². The van der Waals surface area contributed by atoms with Crippen LogP contribution < -0.4 is 11.3 Å². The van der Waals surface area contributed by atoms with Gasteiger partial charge >= 0.3 is 0 Å². The highest BCUT2D eigenvalue weighted by Gasteiger charge is 2.08. The van der Waals surface area contributed by atoms with E-state index in [1.54, 1.807) is 24.5 Å². The molecule has 0 fully saturated rings. The molecule has 5 nitrogen and oxygen atoms in total. The van der Waals surface area contributed by atoms with Crippen LogP contribution in [0.15, 0.2) is 40.2 Å². The van der Waals surface area contributed by atoms with Crippen molar-refractivity contribution < 1.29 is 4.79 Å². The predicted molar refractivity (Wildman–Crippen MR) is 82.1 cm³/mol. The average Bonchev–Trinajstić information content (AvgIpc) is 2.46. The highest BCUT2D eigenvalue weighted by molar-refractivity contribution is 9.10.